The number of hydrogen-bond acceptors (Lipinski definition) is 6. The molecule has 5 nitrogen and oxygen atoms in total. The molecule has 0 spiro atoms. The number of nitriles is 1. The molecule has 1 N–H and O–H groups in total. The molecule has 9 heteroatoms. The number of fused-ring (bicyclic) bond motifs is 1. The lowest BCUT2D eigenvalue weighted by Crippen LogP contribution is -2.39. The van der Waals surface area contributed by atoms with Gasteiger partial charge in [0.15, 0.2) is 0 Å². The fourth-order valence-corrected chi connectivity index (χ4v) is 5.18. The summed E-state index contributed by atoms with van der Waals surface area (Å²) < 4.78 is 38.3. The van der Waals surface area contributed by atoms with Crippen molar-refractivity contribution in [2.75, 3.05) is 18.4 Å². The van der Waals surface area contributed by atoms with Gasteiger partial charge in [-0.1, -0.05) is 18.2 Å². The van der Waals surface area contributed by atoms with Crippen molar-refractivity contribution in [2.24, 2.45) is 0 Å². The van der Waals surface area contributed by atoms with Crippen LogP contribution in [0.1, 0.15) is 34.4 Å². The average Bonchev–Trinajstić information content (AvgIpc) is 3.17. The van der Waals surface area contributed by atoms with Gasteiger partial charge < -0.3 is 5.32 Å². The summed E-state index contributed by atoms with van der Waals surface area (Å²) in [7, 11) is 0. The zero-order valence-corrected chi connectivity index (χ0v) is 19.0. The van der Waals surface area contributed by atoms with E-state index in [4.69, 9.17) is 5.26 Å². The van der Waals surface area contributed by atoms with Crippen LogP contribution in [0.15, 0.2) is 36.7 Å². The first-order chi connectivity index (χ1) is 15.8. The number of aromatic nitrogens is 2. The van der Waals surface area contributed by atoms with Gasteiger partial charge in [-0.3, -0.25) is 4.90 Å². The molecule has 1 aromatic carbocycles. The smallest absolute Gasteiger partial charge is 0.367 e. The van der Waals surface area contributed by atoms with E-state index in [0.29, 0.717) is 16.0 Å². The third-order valence-corrected chi connectivity index (χ3v) is 6.95. The predicted molar refractivity (Wildman–Crippen MR) is 125 cm³/mol. The predicted octanol–water partition coefficient (Wildman–Crippen LogP) is 5.72. The molecule has 0 atom stereocenters. The molecule has 1 aliphatic heterocycles. The summed E-state index contributed by atoms with van der Waals surface area (Å²) in [5, 5.41) is 12.9. The second-order valence-electron chi connectivity index (χ2n) is 8.23. The van der Waals surface area contributed by atoms with E-state index >= 15 is 0 Å². The molecule has 4 rings (SSSR count). The minimum atomic E-state index is -4.24. The highest BCUT2D eigenvalue weighted by Gasteiger charge is 2.29. The van der Waals surface area contributed by atoms with Crippen LogP contribution in [0.2, 0.25) is 0 Å². The van der Waals surface area contributed by atoms with E-state index in [0.717, 1.165) is 49.4 Å². The fourth-order valence-electron chi connectivity index (χ4n) is 4.16. The summed E-state index contributed by atoms with van der Waals surface area (Å²) >= 11 is 1.07. The molecule has 172 valence electrons. The van der Waals surface area contributed by atoms with E-state index in [-0.39, 0.29) is 10.9 Å². The number of nitrogens with zero attached hydrogens (tertiary/aromatic N) is 4. The lowest BCUT2D eigenvalue weighted by molar-refractivity contribution is -0.126. The molecular weight excluding hydrogens is 447 g/mol. The highest BCUT2D eigenvalue weighted by molar-refractivity contribution is 7.18. The number of anilines is 1. The van der Waals surface area contributed by atoms with Gasteiger partial charge in [0.05, 0.1) is 17.9 Å². The Bertz CT molecular complexity index is 1190. The standard InChI is InChI=1S/C24H24F3N5S/c1-16-17(6-3-9-28)4-2-5-18(16)14-32-10-7-19(8-11-32)31-22-21-12-20(13-24(25,26)27)33-23(21)30-15-29-22/h2-6,12,15,19H,7-8,10-11,13-14H2,1H3,(H,29,30,31)/b6-3+. The number of alkyl halides is 3. The van der Waals surface area contributed by atoms with Crippen molar-refractivity contribution in [2.45, 2.75) is 44.9 Å². The van der Waals surface area contributed by atoms with E-state index in [9.17, 15) is 13.2 Å². The Morgan fingerprint density at radius 3 is 2.79 bits per heavy atom. The molecule has 33 heavy (non-hydrogen) atoms. The summed E-state index contributed by atoms with van der Waals surface area (Å²) in [6, 6.07) is 9.94. The molecule has 0 saturated carbocycles. The zero-order chi connectivity index (χ0) is 23.4. The number of likely N-dealkylation sites (tertiary alicyclic amines) is 1. The molecule has 0 bridgehead atoms. The lowest BCUT2D eigenvalue weighted by Gasteiger charge is -2.33. The van der Waals surface area contributed by atoms with Crippen molar-refractivity contribution in [3.8, 4) is 6.07 Å². The maximum absolute atomic E-state index is 12.8. The summed E-state index contributed by atoms with van der Waals surface area (Å²) in [5.41, 5.74) is 3.48. The van der Waals surface area contributed by atoms with Crippen LogP contribution in [0, 0.1) is 18.3 Å². The van der Waals surface area contributed by atoms with Crippen LogP contribution in [0.5, 0.6) is 0 Å². The van der Waals surface area contributed by atoms with Crippen molar-refractivity contribution in [3.05, 3.63) is 58.2 Å². The minimum absolute atomic E-state index is 0.205. The van der Waals surface area contributed by atoms with Crippen molar-refractivity contribution in [3.63, 3.8) is 0 Å². The fraction of sp³-hybridized carbons (Fsp3) is 0.375. The number of benzene rings is 1. The number of hydrogen-bond donors (Lipinski definition) is 1. The van der Waals surface area contributed by atoms with Gasteiger partial charge in [0.25, 0.3) is 0 Å². The van der Waals surface area contributed by atoms with E-state index in [1.165, 1.54) is 23.5 Å². The van der Waals surface area contributed by atoms with Crippen LogP contribution in [0.3, 0.4) is 0 Å². The molecular formula is C24H24F3N5S. The number of nitrogens with one attached hydrogen (secondary N) is 1. The highest BCUT2D eigenvalue weighted by Crippen LogP contribution is 2.33. The molecule has 1 saturated heterocycles. The van der Waals surface area contributed by atoms with Crippen LogP contribution < -0.4 is 5.32 Å². The maximum Gasteiger partial charge on any atom is 0.393 e. The maximum atomic E-state index is 12.8. The molecule has 1 fully saturated rings. The molecule has 0 unspecified atom stereocenters. The monoisotopic (exact) mass is 471 g/mol. The van der Waals surface area contributed by atoms with Gasteiger partial charge in [-0.05, 0) is 48.6 Å². The van der Waals surface area contributed by atoms with Gasteiger partial charge in [0.2, 0.25) is 0 Å². The number of thiophene rings is 1. The van der Waals surface area contributed by atoms with E-state index in [1.54, 1.807) is 6.07 Å². The van der Waals surface area contributed by atoms with E-state index in [2.05, 4.69) is 33.2 Å². The minimum Gasteiger partial charge on any atom is -0.367 e. The van der Waals surface area contributed by atoms with E-state index in [1.807, 2.05) is 24.3 Å². The Balaban J connectivity index is 1.38. The third kappa shape index (κ3) is 5.89. The Hall–Kier alpha value is -2.96. The zero-order valence-electron chi connectivity index (χ0n) is 18.2. The van der Waals surface area contributed by atoms with Crippen molar-refractivity contribution in [1.29, 1.82) is 5.26 Å². The lowest BCUT2D eigenvalue weighted by atomic mass is 9.99. The van der Waals surface area contributed by atoms with Gasteiger partial charge >= 0.3 is 6.18 Å². The summed E-state index contributed by atoms with van der Waals surface area (Å²) in [5.74, 6) is 0.607. The quantitative estimate of drug-likeness (QED) is 0.466. The number of allylic oxidation sites excluding steroid dienone is 1. The largest absolute Gasteiger partial charge is 0.393 e. The molecule has 0 aliphatic carbocycles. The number of halogens is 3. The normalized spacial score (nSPS) is 15.8. The third-order valence-electron chi connectivity index (χ3n) is 5.90. The van der Waals surface area contributed by atoms with Gasteiger partial charge in [-0.15, -0.1) is 11.3 Å². The van der Waals surface area contributed by atoms with Gasteiger partial charge in [0.1, 0.15) is 17.0 Å². The van der Waals surface area contributed by atoms with E-state index < -0.39 is 12.6 Å². The van der Waals surface area contributed by atoms with Crippen molar-refractivity contribution in [1.82, 2.24) is 14.9 Å². The highest BCUT2D eigenvalue weighted by atomic mass is 32.1. The first-order valence-corrected chi connectivity index (χ1v) is 11.6. The van der Waals surface area contributed by atoms with Gasteiger partial charge in [0, 0.05) is 36.6 Å². The summed E-state index contributed by atoms with van der Waals surface area (Å²) in [6.07, 6.45) is 1.38. The van der Waals surface area contributed by atoms with Gasteiger partial charge in [-0.25, -0.2) is 9.97 Å². The molecule has 2 aromatic heterocycles. The molecule has 0 radical (unpaired) electrons. The SMILES string of the molecule is Cc1c(/C=C/C#N)cccc1CN1CCC(Nc2ncnc3sc(CC(F)(F)F)cc23)CC1. The summed E-state index contributed by atoms with van der Waals surface area (Å²) in [4.78, 5) is 11.7. The van der Waals surface area contributed by atoms with Crippen LogP contribution in [-0.4, -0.2) is 40.2 Å². The van der Waals surface area contributed by atoms with Crippen LogP contribution in [-0.2, 0) is 13.0 Å². The van der Waals surface area contributed by atoms with Crippen LogP contribution >= 0.6 is 11.3 Å². The molecule has 3 heterocycles. The van der Waals surface area contributed by atoms with Crippen molar-refractivity contribution < 1.29 is 13.2 Å². The van der Waals surface area contributed by atoms with Crippen LogP contribution in [0.25, 0.3) is 16.3 Å². The Morgan fingerprint density at radius 1 is 1.27 bits per heavy atom. The Labute approximate surface area is 194 Å². The first kappa shape index (κ1) is 23.2. The number of piperidine rings is 1. The summed E-state index contributed by atoms with van der Waals surface area (Å²) in [6.45, 7) is 4.74. The second-order valence-corrected chi connectivity index (χ2v) is 9.35. The number of rotatable bonds is 6. The Kier molecular flexibility index (Phi) is 6.96. The molecule has 3 aromatic rings. The molecule has 1 aliphatic rings. The molecule has 0 amide bonds. The topological polar surface area (TPSA) is 64.8 Å². The second kappa shape index (κ2) is 9.89. The van der Waals surface area contributed by atoms with Crippen molar-refractivity contribution >= 4 is 33.4 Å². The van der Waals surface area contributed by atoms with Crippen LogP contribution in [0.4, 0.5) is 19.0 Å². The Morgan fingerprint density at radius 2 is 2.06 bits per heavy atom. The average molecular weight is 472 g/mol. The first-order valence-electron chi connectivity index (χ1n) is 10.8. The van der Waals surface area contributed by atoms with Gasteiger partial charge in [-0.2, -0.15) is 18.4 Å².